The summed E-state index contributed by atoms with van der Waals surface area (Å²) in [5.41, 5.74) is 1.31. The van der Waals surface area contributed by atoms with Crippen molar-refractivity contribution in [3.63, 3.8) is 0 Å². The first-order valence-corrected chi connectivity index (χ1v) is 6.90. The number of nitrogens with zero attached hydrogens (tertiary/aromatic N) is 2. The molecule has 0 spiro atoms. The van der Waals surface area contributed by atoms with Crippen LogP contribution < -0.4 is 5.32 Å². The molecule has 0 saturated heterocycles. The molecule has 0 fully saturated rings. The summed E-state index contributed by atoms with van der Waals surface area (Å²) < 4.78 is 1.99. The predicted molar refractivity (Wildman–Crippen MR) is 72.9 cm³/mol. The molecule has 3 nitrogen and oxygen atoms in total. The summed E-state index contributed by atoms with van der Waals surface area (Å²) in [7, 11) is 2.03. The number of aryl methyl sites for hydroxylation is 1. The summed E-state index contributed by atoms with van der Waals surface area (Å²) in [5, 5.41) is 7.92. The van der Waals surface area contributed by atoms with E-state index in [1.54, 1.807) is 0 Å². The number of rotatable bonds is 8. The molecule has 1 aromatic rings. The van der Waals surface area contributed by atoms with Gasteiger partial charge in [0.15, 0.2) is 0 Å². The second-order valence-electron chi connectivity index (χ2n) is 5.02. The summed E-state index contributed by atoms with van der Waals surface area (Å²) in [6, 6.07) is 2.58. The number of hydrogen-bond acceptors (Lipinski definition) is 2. The molecule has 0 amide bonds. The van der Waals surface area contributed by atoms with E-state index in [0.29, 0.717) is 6.04 Å². The maximum absolute atomic E-state index is 4.28. The van der Waals surface area contributed by atoms with Crippen molar-refractivity contribution in [2.45, 2.75) is 52.5 Å². The van der Waals surface area contributed by atoms with Crippen LogP contribution in [0.15, 0.2) is 12.3 Å². The maximum atomic E-state index is 4.28. The maximum Gasteiger partial charge on any atom is 0.0550 e. The highest BCUT2D eigenvalue weighted by atomic mass is 15.3. The highest BCUT2D eigenvalue weighted by molar-refractivity contribution is 5.06. The molecule has 17 heavy (non-hydrogen) atoms. The molecular formula is C14H27N3. The minimum absolute atomic E-state index is 0.448. The van der Waals surface area contributed by atoms with E-state index in [0.717, 1.165) is 12.5 Å². The van der Waals surface area contributed by atoms with Gasteiger partial charge in [-0.25, -0.2) is 0 Å². The molecule has 0 aliphatic carbocycles. The second-order valence-corrected chi connectivity index (χ2v) is 5.02. The van der Waals surface area contributed by atoms with Gasteiger partial charge in [-0.3, -0.25) is 4.68 Å². The number of nitrogens with one attached hydrogen (secondary N) is 1. The number of hydrogen-bond donors (Lipinski definition) is 1. The fourth-order valence-corrected chi connectivity index (χ4v) is 2.37. The topological polar surface area (TPSA) is 29.9 Å². The fraction of sp³-hybridized carbons (Fsp3) is 0.786. The highest BCUT2D eigenvalue weighted by Gasteiger charge is 2.16. The van der Waals surface area contributed by atoms with Crippen molar-refractivity contribution in [2.24, 2.45) is 13.0 Å². The lowest BCUT2D eigenvalue weighted by Gasteiger charge is -2.22. The lowest BCUT2D eigenvalue weighted by atomic mass is 9.95. The summed E-state index contributed by atoms with van der Waals surface area (Å²) >= 11 is 0. The summed E-state index contributed by atoms with van der Waals surface area (Å²) in [6.07, 6.45) is 6.85. The normalized spacial score (nSPS) is 14.8. The zero-order valence-electron chi connectivity index (χ0n) is 11.7. The lowest BCUT2D eigenvalue weighted by Crippen LogP contribution is -2.26. The molecule has 0 aliphatic heterocycles. The third kappa shape index (κ3) is 4.50. The minimum Gasteiger partial charge on any atom is -0.309 e. The highest BCUT2D eigenvalue weighted by Crippen LogP contribution is 2.23. The van der Waals surface area contributed by atoms with Crippen LogP contribution in [0.1, 0.15) is 58.2 Å². The molecule has 98 valence electrons. The Hall–Kier alpha value is -0.830. The van der Waals surface area contributed by atoms with E-state index >= 15 is 0 Å². The molecule has 2 atom stereocenters. The second kappa shape index (κ2) is 7.49. The van der Waals surface area contributed by atoms with Gasteiger partial charge in [0.2, 0.25) is 0 Å². The molecule has 0 radical (unpaired) electrons. The third-order valence-electron chi connectivity index (χ3n) is 3.28. The van der Waals surface area contributed by atoms with E-state index in [2.05, 4.69) is 37.3 Å². The van der Waals surface area contributed by atoms with Crippen molar-refractivity contribution < 1.29 is 0 Å². The predicted octanol–water partition coefficient (Wildman–Crippen LogP) is 3.29. The van der Waals surface area contributed by atoms with Crippen LogP contribution in [0.4, 0.5) is 0 Å². The smallest absolute Gasteiger partial charge is 0.0550 e. The van der Waals surface area contributed by atoms with Crippen LogP contribution in [0.5, 0.6) is 0 Å². The van der Waals surface area contributed by atoms with Crippen LogP contribution in [0.25, 0.3) is 0 Å². The van der Waals surface area contributed by atoms with Crippen LogP contribution in [-0.4, -0.2) is 16.3 Å². The van der Waals surface area contributed by atoms with Gasteiger partial charge in [0.05, 0.1) is 5.69 Å². The average molecular weight is 237 g/mol. The Labute approximate surface area is 106 Å². The van der Waals surface area contributed by atoms with Crippen molar-refractivity contribution in [3.8, 4) is 0 Å². The monoisotopic (exact) mass is 237 g/mol. The first-order valence-electron chi connectivity index (χ1n) is 6.90. The molecule has 1 rings (SSSR count). The summed E-state index contributed by atoms with van der Waals surface area (Å²) in [5.74, 6) is 0.768. The van der Waals surface area contributed by atoms with Crippen molar-refractivity contribution in [1.82, 2.24) is 15.1 Å². The molecule has 0 aromatic carbocycles. The summed E-state index contributed by atoms with van der Waals surface area (Å²) in [6.45, 7) is 7.90. The van der Waals surface area contributed by atoms with Crippen LogP contribution in [0.2, 0.25) is 0 Å². The van der Waals surface area contributed by atoms with Gasteiger partial charge in [-0.1, -0.05) is 33.6 Å². The third-order valence-corrected chi connectivity index (χ3v) is 3.28. The van der Waals surface area contributed by atoms with E-state index in [1.807, 2.05) is 17.9 Å². The van der Waals surface area contributed by atoms with Gasteiger partial charge < -0.3 is 5.32 Å². The van der Waals surface area contributed by atoms with Crippen molar-refractivity contribution >= 4 is 0 Å². The quantitative estimate of drug-likeness (QED) is 0.752. The zero-order valence-corrected chi connectivity index (χ0v) is 11.7. The van der Waals surface area contributed by atoms with Crippen molar-refractivity contribution in [2.75, 3.05) is 6.54 Å². The standard InChI is InChI=1S/C14H27N3/c1-5-7-12(3)11-13(15-9-6-2)14-8-10-16-17(14)4/h8,10,12-13,15H,5-7,9,11H2,1-4H3. The average Bonchev–Trinajstić information content (AvgIpc) is 2.71. The van der Waals surface area contributed by atoms with Crippen molar-refractivity contribution in [1.29, 1.82) is 0 Å². The Balaban J connectivity index is 2.63. The zero-order chi connectivity index (χ0) is 12.7. The first kappa shape index (κ1) is 14.2. The van der Waals surface area contributed by atoms with Gasteiger partial charge in [0, 0.05) is 19.3 Å². The Morgan fingerprint density at radius 1 is 1.35 bits per heavy atom. The fourth-order valence-electron chi connectivity index (χ4n) is 2.37. The Morgan fingerprint density at radius 3 is 2.65 bits per heavy atom. The largest absolute Gasteiger partial charge is 0.309 e. The lowest BCUT2D eigenvalue weighted by molar-refractivity contribution is 0.376. The molecule has 3 heteroatoms. The van der Waals surface area contributed by atoms with Gasteiger partial charge in [0.25, 0.3) is 0 Å². The molecule has 1 heterocycles. The molecule has 2 unspecified atom stereocenters. The van der Waals surface area contributed by atoms with E-state index in [9.17, 15) is 0 Å². The molecule has 0 aliphatic rings. The Morgan fingerprint density at radius 2 is 2.12 bits per heavy atom. The van der Waals surface area contributed by atoms with Crippen LogP contribution in [0, 0.1) is 5.92 Å². The van der Waals surface area contributed by atoms with Gasteiger partial charge >= 0.3 is 0 Å². The summed E-state index contributed by atoms with van der Waals surface area (Å²) in [4.78, 5) is 0. The SMILES string of the molecule is CCCNC(CC(C)CCC)c1ccnn1C. The number of aromatic nitrogens is 2. The molecule has 0 saturated carbocycles. The van der Waals surface area contributed by atoms with Crippen LogP contribution >= 0.6 is 0 Å². The van der Waals surface area contributed by atoms with Gasteiger partial charge in [0.1, 0.15) is 0 Å². The van der Waals surface area contributed by atoms with Gasteiger partial charge in [-0.05, 0) is 31.4 Å². The van der Waals surface area contributed by atoms with Crippen LogP contribution in [0.3, 0.4) is 0 Å². The molecular weight excluding hydrogens is 210 g/mol. The molecule has 1 aromatic heterocycles. The van der Waals surface area contributed by atoms with E-state index in [4.69, 9.17) is 0 Å². The van der Waals surface area contributed by atoms with E-state index in [-0.39, 0.29) is 0 Å². The van der Waals surface area contributed by atoms with Crippen molar-refractivity contribution in [3.05, 3.63) is 18.0 Å². The van der Waals surface area contributed by atoms with E-state index in [1.165, 1.54) is 31.4 Å². The van der Waals surface area contributed by atoms with Crippen LogP contribution in [-0.2, 0) is 7.05 Å². The van der Waals surface area contributed by atoms with Gasteiger partial charge in [-0.15, -0.1) is 0 Å². The Kier molecular flexibility index (Phi) is 6.27. The van der Waals surface area contributed by atoms with E-state index < -0.39 is 0 Å². The Bertz CT molecular complexity index is 306. The first-order chi connectivity index (χ1) is 8.19. The minimum atomic E-state index is 0.448. The molecule has 1 N–H and O–H groups in total. The van der Waals surface area contributed by atoms with Gasteiger partial charge in [-0.2, -0.15) is 5.10 Å². The molecule has 0 bridgehead atoms.